The number of rotatable bonds is 2. The summed E-state index contributed by atoms with van der Waals surface area (Å²) in [6, 6.07) is 3.10. The Morgan fingerprint density at radius 1 is 1.40 bits per heavy atom. The van der Waals surface area contributed by atoms with Crippen LogP contribution in [0.3, 0.4) is 0 Å². The minimum absolute atomic E-state index is 0.487. The van der Waals surface area contributed by atoms with Crippen LogP contribution >= 0.6 is 11.8 Å². The molecule has 78 valence electrons. The maximum atomic E-state index is 12.8. The summed E-state index contributed by atoms with van der Waals surface area (Å²) < 4.78 is 14.7. The van der Waals surface area contributed by atoms with Crippen molar-refractivity contribution >= 4 is 11.8 Å². The highest BCUT2D eigenvalue weighted by Gasteiger charge is 2.07. The molecule has 6 heteroatoms. The van der Waals surface area contributed by atoms with E-state index in [9.17, 15) is 4.39 Å². The molecule has 0 aromatic carbocycles. The van der Waals surface area contributed by atoms with Gasteiger partial charge in [0.1, 0.15) is 5.82 Å². The number of hydrogen-bond donors (Lipinski definition) is 0. The molecular formula is C9H9FN4S. The third kappa shape index (κ3) is 2.15. The van der Waals surface area contributed by atoms with Crippen LogP contribution in [0.5, 0.6) is 0 Å². The molecule has 2 rings (SSSR count). The van der Waals surface area contributed by atoms with Gasteiger partial charge in [0.15, 0.2) is 5.16 Å². The van der Waals surface area contributed by atoms with Crippen LogP contribution in [0.4, 0.5) is 4.39 Å². The number of hydrogen-bond acceptors (Lipinski definition) is 4. The average Bonchev–Trinajstić information content (AvgIpc) is 2.50. The lowest BCUT2D eigenvalue weighted by Crippen LogP contribution is -1.93. The van der Waals surface area contributed by atoms with E-state index in [0.29, 0.717) is 0 Å². The first-order valence-electron chi connectivity index (χ1n) is 4.32. The van der Waals surface area contributed by atoms with Crippen LogP contribution in [-0.2, 0) is 7.05 Å². The van der Waals surface area contributed by atoms with Gasteiger partial charge in [-0.2, -0.15) is 4.39 Å². The molecule has 0 saturated heterocycles. The molecule has 0 radical (unpaired) electrons. The molecule has 2 aromatic rings. The molecule has 2 aromatic heterocycles. The summed E-state index contributed by atoms with van der Waals surface area (Å²) >= 11 is 1.36. The summed E-state index contributed by atoms with van der Waals surface area (Å²) in [6.45, 7) is 1.87. The first kappa shape index (κ1) is 10.1. The van der Waals surface area contributed by atoms with Gasteiger partial charge >= 0.3 is 0 Å². The minimum atomic E-state index is -0.487. The molecule has 0 unspecified atom stereocenters. The number of aryl methyl sites for hydroxylation is 1. The normalized spacial score (nSPS) is 10.6. The van der Waals surface area contributed by atoms with E-state index < -0.39 is 5.95 Å². The van der Waals surface area contributed by atoms with Crippen LogP contribution < -0.4 is 0 Å². The van der Waals surface area contributed by atoms with Gasteiger partial charge in [-0.15, -0.1) is 10.2 Å². The van der Waals surface area contributed by atoms with E-state index in [2.05, 4.69) is 15.2 Å². The highest BCUT2D eigenvalue weighted by atomic mass is 32.2. The van der Waals surface area contributed by atoms with Crippen molar-refractivity contribution in [3.05, 3.63) is 30.1 Å². The lowest BCUT2D eigenvalue weighted by Gasteiger charge is -2.00. The Bertz CT molecular complexity index is 483. The maximum absolute atomic E-state index is 12.8. The van der Waals surface area contributed by atoms with Crippen LogP contribution in [0.2, 0.25) is 0 Å². The molecule has 0 atom stereocenters. The van der Waals surface area contributed by atoms with Gasteiger partial charge in [0.25, 0.3) is 0 Å². The number of aromatic nitrogens is 4. The smallest absolute Gasteiger partial charge is 0.213 e. The van der Waals surface area contributed by atoms with Gasteiger partial charge < -0.3 is 4.57 Å². The zero-order valence-electron chi connectivity index (χ0n) is 8.31. The molecule has 0 aliphatic carbocycles. The number of nitrogens with zero attached hydrogens (tertiary/aromatic N) is 4. The van der Waals surface area contributed by atoms with Crippen molar-refractivity contribution in [2.75, 3.05) is 0 Å². The van der Waals surface area contributed by atoms with E-state index in [0.717, 1.165) is 15.9 Å². The Kier molecular flexibility index (Phi) is 2.68. The second kappa shape index (κ2) is 3.98. The molecule has 0 spiro atoms. The van der Waals surface area contributed by atoms with E-state index >= 15 is 0 Å². The van der Waals surface area contributed by atoms with Gasteiger partial charge in [0.05, 0.1) is 0 Å². The fourth-order valence-electron chi connectivity index (χ4n) is 1.03. The van der Waals surface area contributed by atoms with Crippen molar-refractivity contribution in [3.8, 4) is 0 Å². The molecule has 0 aliphatic heterocycles. The second-order valence-corrected chi connectivity index (χ2v) is 4.05. The third-order valence-corrected chi connectivity index (χ3v) is 2.99. The summed E-state index contributed by atoms with van der Waals surface area (Å²) in [4.78, 5) is 4.25. The fourth-order valence-corrected chi connectivity index (χ4v) is 1.88. The third-order valence-electron chi connectivity index (χ3n) is 1.96. The fraction of sp³-hybridized carbons (Fsp3) is 0.222. The quantitative estimate of drug-likeness (QED) is 0.730. The standard InChI is InChI=1S/C9H9FN4S/c1-6-12-13-9(14(6)2)15-7-3-4-11-8(10)5-7/h3-5H,1-2H3. The summed E-state index contributed by atoms with van der Waals surface area (Å²) in [5.74, 6) is 0.339. The van der Waals surface area contributed by atoms with E-state index in [1.54, 1.807) is 6.07 Å². The second-order valence-electron chi connectivity index (χ2n) is 3.01. The summed E-state index contributed by atoms with van der Waals surface area (Å²) in [5.41, 5.74) is 0. The molecule has 0 amide bonds. The van der Waals surface area contributed by atoms with Crippen LogP contribution in [0, 0.1) is 12.9 Å². The van der Waals surface area contributed by atoms with Crippen LogP contribution in [0.15, 0.2) is 28.4 Å². The number of halogens is 1. The predicted octanol–water partition coefficient (Wildman–Crippen LogP) is 1.81. The molecule has 0 saturated carbocycles. The van der Waals surface area contributed by atoms with Gasteiger partial charge in [-0.05, 0) is 24.8 Å². The molecule has 2 heterocycles. The topological polar surface area (TPSA) is 43.6 Å². The van der Waals surface area contributed by atoms with Crippen LogP contribution in [0.1, 0.15) is 5.82 Å². The van der Waals surface area contributed by atoms with Gasteiger partial charge in [0, 0.05) is 24.2 Å². The largest absolute Gasteiger partial charge is 0.309 e. The monoisotopic (exact) mass is 224 g/mol. The Morgan fingerprint density at radius 3 is 2.80 bits per heavy atom. The predicted molar refractivity (Wildman–Crippen MR) is 54.1 cm³/mol. The minimum Gasteiger partial charge on any atom is -0.309 e. The van der Waals surface area contributed by atoms with Crippen LogP contribution in [-0.4, -0.2) is 19.7 Å². The van der Waals surface area contributed by atoms with Gasteiger partial charge in [-0.1, -0.05) is 0 Å². The highest BCUT2D eigenvalue weighted by Crippen LogP contribution is 2.25. The zero-order valence-corrected chi connectivity index (χ0v) is 9.12. The molecule has 15 heavy (non-hydrogen) atoms. The maximum Gasteiger partial charge on any atom is 0.213 e. The molecule has 0 N–H and O–H groups in total. The zero-order chi connectivity index (χ0) is 10.8. The Balaban J connectivity index is 2.26. The van der Waals surface area contributed by atoms with E-state index in [4.69, 9.17) is 0 Å². The van der Waals surface area contributed by atoms with Crippen molar-refractivity contribution in [1.29, 1.82) is 0 Å². The molecule has 0 fully saturated rings. The Labute approximate surface area is 90.6 Å². The molecule has 0 aliphatic rings. The van der Waals surface area contributed by atoms with Gasteiger partial charge in [-0.25, -0.2) is 4.98 Å². The van der Waals surface area contributed by atoms with Crippen molar-refractivity contribution < 1.29 is 4.39 Å². The average molecular weight is 224 g/mol. The van der Waals surface area contributed by atoms with Crippen molar-refractivity contribution in [1.82, 2.24) is 19.7 Å². The van der Waals surface area contributed by atoms with Crippen molar-refractivity contribution in [3.63, 3.8) is 0 Å². The summed E-state index contributed by atoms with van der Waals surface area (Å²) in [6.07, 6.45) is 1.43. The SMILES string of the molecule is Cc1nnc(Sc2ccnc(F)c2)n1C. The van der Waals surface area contributed by atoms with E-state index in [1.165, 1.54) is 24.0 Å². The Hall–Kier alpha value is -1.43. The van der Waals surface area contributed by atoms with Gasteiger partial charge in [0.2, 0.25) is 5.95 Å². The number of pyridine rings is 1. The first-order valence-corrected chi connectivity index (χ1v) is 5.14. The molecular weight excluding hydrogens is 215 g/mol. The van der Waals surface area contributed by atoms with E-state index in [1.807, 2.05) is 18.5 Å². The lowest BCUT2D eigenvalue weighted by atomic mass is 10.5. The first-order chi connectivity index (χ1) is 7.16. The van der Waals surface area contributed by atoms with Crippen molar-refractivity contribution in [2.24, 2.45) is 7.05 Å². The Morgan fingerprint density at radius 2 is 2.20 bits per heavy atom. The summed E-state index contributed by atoms with van der Waals surface area (Å²) in [5, 5.41) is 8.63. The van der Waals surface area contributed by atoms with Gasteiger partial charge in [-0.3, -0.25) is 0 Å². The summed E-state index contributed by atoms with van der Waals surface area (Å²) in [7, 11) is 1.87. The van der Waals surface area contributed by atoms with E-state index in [-0.39, 0.29) is 0 Å². The molecule has 4 nitrogen and oxygen atoms in total. The van der Waals surface area contributed by atoms with Crippen molar-refractivity contribution in [2.45, 2.75) is 17.0 Å². The molecule has 0 bridgehead atoms. The van der Waals surface area contributed by atoms with Crippen LogP contribution in [0.25, 0.3) is 0 Å². The highest BCUT2D eigenvalue weighted by molar-refractivity contribution is 7.99. The lowest BCUT2D eigenvalue weighted by molar-refractivity contribution is 0.579.